The molecule has 166 valence electrons. The number of phosphoric acid groups is 1. The van der Waals surface area contributed by atoms with Crippen LogP contribution < -0.4 is 21.5 Å². The van der Waals surface area contributed by atoms with E-state index in [-0.39, 0.29) is 23.8 Å². The zero-order valence-corrected chi connectivity index (χ0v) is 17.1. The molecule has 1 fully saturated rings. The number of carbonyl (C=O) groups excluding carboxylic acids is 1. The first-order valence-electron chi connectivity index (χ1n) is 8.87. The van der Waals surface area contributed by atoms with Gasteiger partial charge in [0.25, 0.3) is 0 Å². The van der Waals surface area contributed by atoms with Gasteiger partial charge < -0.3 is 20.3 Å². The van der Waals surface area contributed by atoms with E-state index < -0.39 is 32.4 Å². The maximum atomic E-state index is 14.7. The van der Waals surface area contributed by atoms with Crippen LogP contribution in [0.4, 0.5) is 20.7 Å². The van der Waals surface area contributed by atoms with Gasteiger partial charge in [-0.25, -0.2) is 24.2 Å². The minimum Gasteiger partial charge on any atom is -0.441 e. The fourth-order valence-corrected chi connectivity index (χ4v) is 3.16. The molecule has 6 N–H and O–H groups in total. The first kappa shape index (κ1) is 22.6. The number of aliphatic imine (C=N–C) groups is 1. The zero-order chi connectivity index (χ0) is 22.6. The van der Waals surface area contributed by atoms with E-state index in [1.807, 2.05) is 0 Å². The fourth-order valence-electron chi connectivity index (χ4n) is 2.80. The lowest BCUT2D eigenvalue weighted by molar-refractivity contribution is 0.0880. The predicted octanol–water partition coefficient (Wildman–Crippen LogP) is 0.992. The van der Waals surface area contributed by atoms with Crippen LogP contribution in [0.3, 0.4) is 0 Å². The van der Waals surface area contributed by atoms with Crippen LogP contribution in [0.1, 0.15) is 0 Å². The van der Waals surface area contributed by atoms with Gasteiger partial charge in [-0.15, -0.1) is 0 Å². The van der Waals surface area contributed by atoms with Gasteiger partial charge in [-0.2, -0.15) is 4.99 Å². The van der Waals surface area contributed by atoms with Crippen LogP contribution in [-0.2, 0) is 13.8 Å². The summed E-state index contributed by atoms with van der Waals surface area (Å²) < 4.78 is 34.9. The Morgan fingerprint density at radius 1 is 1.45 bits per heavy atom. The van der Waals surface area contributed by atoms with Gasteiger partial charge in [0.15, 0.2) is 5.82 Å². The Kier molecular flexibility index (Phi) is 6.83. The number of benzene rings is 1. The molecule has 1 aromatic heterocycles. The Hall–Kier alpha value is -3.09. The molecule has 0 saturated carbocycles. The summed E-state index contributed by atoms with van der Waals surface area (Å²) in [6.45, 7) is -0.532. The standard InChI is InChI=1S/C17H20FN6O6P/c1-20-23-16(19)22-15-5-2-10(7-21-15)13-4-3-11(6-14(13)18)24-8-12(30-17(24)25)9-29-31(26,27)28/h2-7,12,20H,8-9H2,1H3,(H2,26,27,28)(H3,19,21,22,23)/t12-/m1/s1. The van der Waals surface area contributed by atoms with Crippen molar-refractivity contribution in [2.75, 3.05) is 25.1 Å². The molecule has 1 aliphatic heterocycles. The molecule has 0 radical (unpaired) electrons. The molecule has 0 unspecified atom stereocenters. The first-order chi connectivity index (χ1) is 14.7. The maximum Gasteiger partial charge on any atom is 0.469 e. The average molecular weight is 454 g/mol. The largest absolute Gasteiger partial charge is 0.469 e. The molecule has 2 aromatic rings. The second-order valence-electron chi connectivity index (χ2n) is 6.34. The van der Waals surface area contributed by atoms with E-state index in [1.165, 1.54) is 18.3 Å². The molecular weight excluding hydrogens is 434 g/mol. The number of nitrogens with zero attached hydrogens (tertiary/aromatic N) is 3. The highest BCUT2D eigenvalue weighted by Gasteiger charge is 2.34. The molecule has 1 saturated heterocycles. The van der Waals surface area contributed by atoms with Gasteiger partial charge >= 0.3 is 13.9 Å². The van der Waals surface area contributed by atoms with E-state index in [9.17, 15) is 13.8 Å². The van der Waals surface area contributed by atoms with Gasteiger partial charge in [0, 0.05) is 24.4 Å². The smallest absolute Gasteiger partial charge is 0.441 e. The quantitative estimate of drug-likeness (QED) is 0.176. The number of hydrogen-bond donors (Lipinski definition) is 5. The van der Waals surface area contributed by atoms with Crippen LogP contribution in [0.25, 0.3) is 11.1 Å². The van der Waals surface area contributed by atoms with E-state index in [1.54, 1.807) is 19.2 Å². The summed E-state index contributed by atoms with van der Waals surface area (Å²) >= 11 is 0. The molecular formula is C17H20FN6O6P. The molecule has 31 heavy (non-hydrogen) atoms. The normalized spacial score (nSPS) is 17.0. The lowest BCUT2D eigenvalue weighted by atomic mass is 10.1. The van der Waals surface area contributed by atoms with E-state index in [2.05, 4.69) is 25.4 Å². The molecule has 0 bridgehead atoms. The van der Waals surface area contributed by atoms with Gasteiger partial charge in [0.1, 0.15) is 11.9 Å². The summed E-state index contributed by atoms with van der Waals surface area (Å²) in [4.78, 5) is 38.8. The van der Waals surface area contributed by atoms with Crippen molar-refractivity contribution < 1.29 is 32.8 Å². The number of ether oxygens (including phenoxy) is 1. The summed E-state index contributed by atoms with van der Waals surface area (Å²) in [6, 6.07) is 7.34. The molecule has 1 aromatic carbocycles. The SMILES string of the molecule is CNNC(N)=Nc1ccc(-c2ccc(N3C[C@H](COP(=O)(O)O)OC3=O)cc2F)cn1. The molecule has 0 aliphatic carbocycles. The molecule has 1 aliphatic rings. The van der Waals surface area contributed by atoms with Gasteiger partial charge in [-0.05, 0) is 30.3 Å². The van der Waals surface area contributed by atoms with Gasteiger partial charge in [-0.3, -0.25) is 14.8 Å². The van der Waals surface area contributed by atoms with Crippen molar-refractivity contribution in [1.82, 2.24) is 15.8 Å². The van der Waals surface area contributed by atoms with Crippen molar-refractivity contribution in [3.63, 3.8) is 0 Å². The summed E-state index contributed by atoms with van der Waals surface area (Å²) in [5.74, 6) is -0.167. The van der Waals surface area contributed by atoms with Crippen LogP contribution in [0, 0.1) is 5.82 Å². The third kappa shape index (κ3) is 5.96. The minimum absolute atomic E-state index is 0.0477. The summed E-state index contributed by atoms with van der Waals surface area (Å²) in [5, 5.41) is 0. The second-order valence-corrected chi connectivity index (χ2v) is 7.58. The maximum absolute atomic E-state index is 14.7. The van der Waals surface area contributed by atoms with Crippen molar-refractivity contribution in [3.8, 4) is 11.1 Å². The van der Waals surface area contributed by atoms with E-state index in [4.69, 9.17) is 20.3 Å². The number of hydrazine groups is 1. The van der Waals surface area contributed by atoms with E-state index in [0.717, 1.165) is 11.0 Å². The molecule has 1 amide bonds. The van der Waals surface area contributed by atoms with Crippen molar-refractivity contribution in [2.24, 2.45) is 10.7 Å². The number of rotatable bonds is 7. The van der Waals surface area contributed by atoms with Crippen LogP contribution in [0.2, 0.25) is 0 Å². The number of guanidine groups is 1. The lowest BCUT2D eigenvalue weighted by Crippen LogP contribution is -2.39. The number of nitrogens with one attached hydrogen (secondary N) is 2. The van der Waals surface area contributed by atoms with Crippen molar-refractivity contribution in [2.45, 2.75) is 6.10 Å². The third-order valence-corrected chi connectivity index (χ3v) is 4.60. The van der Waals surface area contributed by atoms with Crippen LogP contribution >= 0.6 is 7.82 Å². The molecule has 1 atom stereocenters. The van der Waals surface area contributed by atoms with Crippen LogP contribution in [0.5, 0.6) is 0 Å². The monoisotopic (exact) mass is 454 g/mol. The van der Waals surface area contributed by atoms with Crippen molar-refractivity contribution in [3.05, 3.63) is 42.3 Å². The number of halogens is 1. The highest BCUT2D eigenvalue weighted by Crippen LogP contribution is 2.37. The minimum atomic E-state index is -4.69. The lowest BCUT2D eigenvalue weighted by Gasteiger charge is -2.14. The number of aromatic nitrogens is 1. The number of anilines is 1. The molecule has 3 rings (SSSR count). The highest BCUT2D eigenvalue weighted by atomic mass is 31.2. The Labute approximate surface area is 176 Å². The van der Waals surface area contributed by atoms with Crippen LogP contribution in [-0.4, -0.2) is 53.1 Å². The van der Waals surface area contributed by atoms with Gasteiger partial charge in [0.2, 0.25) is 5.96 Å². The van der Waals surface area contributed by atoms with Crippen molar-refractivity contribution in [1.29, 1.82) is 0 Å². The van der Waals surface area contributed by atoms with Gasteiger partial charge in [-0.1, -0.05) is 0 Å². The average Bonchev–Trinajstić information content (AvgIpc) is 3.07. The Balaban J connectivity index is 1.72. The summed E-state index contributed by atoms with van der Waals surface area (Å²) in [6.07, 6.45) is -0.239. The number of nitrogens with two attached hydrogens (primary N) is 1. The topological polar surface area (TPSA) is 172 Å². The van der Waals surface area contributed by atoms with Gasteiger partial charge in [0.05, 0.1) is 18.8 Å². The zero-order valence-electron chi connectivity index (χ0n) is 16.2. The Bertz CT molecular complexity index is 1030. The third-order valence-electron chi connectivity index (χ3n) is 4.11. The number of cyclic esters (lactones) is 1. The first-order valence-corrected chi connectivity index (χ1v) is 10.4. The Morgan fingerprint density at radius 3 is 2.84 bits per heavy atom. The van der Waals surface area contributed by atoms with E-state index >= 15 is 0 Å². The summed E-state index contributed by atoms with van der Waals surface area (Å²) in [7, 11) is -3.06. The molecule has 2 heterocycles. The van der Waals surface area contributed by atoms with Crippen LogP contribution in [0.15, 0.2) is 41.5 Å². The van der Waals surface area contributed by atoms with E-state index in [0.29, 0.717) is 11.4 Å². The highest BCUT2D eigenvalue weighted by molar-refractivity contribution is 7.46. The number of amides is 1. The molecule has 12 nitrogen and oxygen atoms in total. The summed E-state index contributed by atoms with van der Waals surface area (Å²) in [5.41, 5.74) is 11.8. The predicted molar refractivity (Wildman–Crippen MR) is 109 cm³/mol. The fraction of sp³-hybridized carbons (Fsp3) is 0.235. The number of pyridine rings is 1. The second kappa shape index (κ2) is 9.37. The number of carbonyl (C=O) groups is 1. The molecule has 14 heteroatoms. The number of hydrogen-bond acceptors (Lipinski definition) is 7. The molecule has 0 spiro atoms. The Morgan fingerprint density at radius 2 is 2.23 bits per heavy atom. The number of phosphoric ester groups is 1. The van der Waals surface area contributed by atoms with Crippen molar-refractivity contribution >= 4 is 31.4 Å².